The molecule has 10 heteroatoms. The highest BCUT2D eigenvalue weighted by molar-refractivity contribution is 6.00. The van der Waals surface area contributed by atoms with Gasteiger partial charge in [-0.05, 0) is 78.0 Å². The number of ether oxygens (including phenoxy) is 2. The third kappa shape index (κ3) is 10.4. The molecule has 1 aliphatic heterocycles. The summed E-state index contributed by atoms with van der Waals surface area (Å²) in [6, 6.07) is 4.63. The maximum absolute atomic E-state index is 14.3. The second-order valence-electron chi connectivity index (χ2n) is 12.8. The van der Waals surface area contributed by atoms with E-state index < -0.39 is 6.04 Å². The minimum atomic E-state index is -0.476. The van der Waals surface area contributed by atoms with E-state index in [4.69, 9.17) is 9.47 Å². The highest BCUT2D eigenvalue weighted by Gasteiger charge is 2.31. The van der Waals surface area contributed by atoms with Gasteiger partial charge < -0.3 is 35.0 Å². The van der Waals surface area contributed by atoms with Crippen LogP contribution >= 0.6 is 0 Å². The Morgan fingerprint density at radius 2 is 1.77 bits per heavy atom. The molecule has 0 aromatic heterocycles. The number of carbonyl (C=O) groups excluding carboxylic acids is 3. The SMILES string of the molecule is CC(C)NC(=O)N(C)C[C@H]1OCCCC[C@@H](C)Oc2ccc(NC(=O)C3CCCCC3)cc2C(=O)N([C@@H](C)CO)C[C@H]1C. The second kappa shape index (κ2) is 16.9. The Morgan fingerprint density at radius 1 is 1.07 bits per heavy atom. The molecule has 0 spiro atoms. The number of anilines is 1. The Hall–Kier alpha value is -2.85. The summed E-state index contributed by atoms with van der Waals surface area (Å²) in [6.45, 7) is 10.6. The molecule has 0 unspecified atom stereocenters. The lowest BCUT2D eigenvalue weighted by Crippen LogP contribution is -2.49. The number of nitrogens with zero attached hydrogens (tertiary/aromatic N) is 2. The Morgan fingerprint density at radius 3 is 2.44 bits per heavy atom. The maximum atomic E-state index is 14.3. The summed E-state index contributed by atoms with van der Waals surface area (Å²) in [5.41, 5.74) is 0.910. The summed E-state index contributed by atoms with van der Waals surface area (Å²) >= 11 is 0. The van der Waals surface area contributed by atoms with Gasteiger partial charge in [-0.2, -0.15) is 0 Å². The van der Waals surface area contributed by atoms with Crippen LogP contribution in [-0.4, -0.2) is 90.4 Å². The molecule has 3 N–H and O–H groups in total. The fourth-order valence-corrected chi connectivity index (χ4v) is 5.78. The molecule has 242 valence electrons. The Balaban J connectivity index is 1.91. The van der Waals surface area contributed by atoms with Gasteiger partial charge in [0.05, 0.1) is 30.4 Å². The van der Waals surface area contributed by atoms with Crippen LogP contribution in [0.3, 0.4) is 0 Å². The molecule has 1 aromatic carbocycles. The molecule has 0 bridgehead atoms. The largest absolute Gasteiger partial charge is 0.490 e. The monoisotopic (exact) mass is 602 g/mol. The number of fused-ring (bicyclic) bond motifs is 1. The quantitative estimate of drug-likeness (QED) is 0.402. The zero-order valence-electron chi connectivity index (χ0n) is 27.1. The van der Waals surface area contributed by atoms with Crippen LogP contribution in [0.15, 0.2) is 18.2 Å². The number of benzene rings is 1. The lowest BCUT2D eigenvalue weighted by atomic mass is 9.88. The first-order valence-corrected chi connectivity index (χ1v) is 16.2. The van der Waals surface area contributed by atoms with Crippen molar-refractivity contribution in [2.45, 2.75) is 110 Å². The number of aliphatic hydroxyl groups excluding tert-OH is 1. The molecule has 4 amide bonds. The van der Waals surface area contributed by atoms with E-state index >= 15 is 0 Å². The molecule has 3 rings (SSSR count). The molecule has 4 atom stereocenters. The van der Waals surface area contributed by atoms with Gasteiger partial charge in [0.2, 0.25) is 5.91 Å². The molecule has 0 saturated heterocycles. The fourth-order valence-electron chi connectivity index (χ4n) is 5.78. The summed E-state index contributed by atoms with van der Waals surface area (Å²) in [6.07, 6.45) is 7.10. The summed E-state index contributed by atoms with van der Waals surface area (Å²) < 4.78 is 12.6. The second-order valence-corrected chi connectivity index (χ2v) is 12.8. The number of hydrogen-bond donors (Lipinski definition) is 3. The van der Waals surface area contributed by atoms with Gasteiger partial charge in [0, 0.05) is 50.3 Å². The standard InChI is InChI=1S/C33H54N4O6/c1-22(2)34-33(41)36(6)20-30-23(3)19-37(24(4)21-38)32(40)28-18-27(35-31(39)26-13-8-7-9-14-26)15-16-29(28)43-25(5)12-10-11-17-42-30/h15-16,18,22-26,30,38H,7-14,17,19-21H2,1-6H3,(H,34,41)(H,35,39)/t23-,24+,25-,30-/m1/s1. The molecule has 43 heavy (non-hydrogen) atoms. The number of nitrogens with one attached hydrogen (secondary N) is 2. The highest BCUT2D eigenvalue weighted by atomic mass is 16.5. The van der Waals surface area contributed by atoms with Crippen LogP contribution in [0.25, 0.3) is 0 Å². The van der Waals surface area contributed by atoms with E-state index in [1.807, 2.05) is 34.6 Å². The molecular formula is C33H54N4O6. The molecule has 1 aliphatic carbocycles. The number of carbonyl (C=O) groups is 3. The summed E-state index contributed by atoms with van der Waals surface area (Å²) in [5.74, 6) is 0.00518. The van der Waals surface area contributed by atoms with Crippen molar-refractivity contribution in [3.05, 3.63) is 23.8 Å². The number of hydrogen-bond acceptors (Lipinski definition) is 6. The molecule has 1 saturated carbocycles. The third-order valence-corrected chi connectivity index (χ3v) is 8.51. The van der Waals surface area contributed by atoms with E-state index in [2.05, 4.69) is 10.6 Å². The average Bonchev–Trinajstić information content (AvgIpc) is 2.98. The van der Waals surface area contributed by atoms with Crippen molar-refractivity contribution >= 4 is 23.5 Å². The van der Waals surface area contributed by atoms with Gasteiger partial charge >= 0.3 is 6.03 Å². The van der Waals surface area contributed by atoms with Gasteiger partial charge in [-0.1, -0.05) is 26.2 Å². The van der Waals surface area contributed by atoms with E-state index in [-0.39, 0.29) is 54.5 Å². The van der Waals surface area contributed by atoms with Gasteiger partial charge in [0.1, 0.15) is 5.75 Å². The normalized spacial score (nSPS) is 23.5. The lowest BCUT2D eigenvalue weighted by Gasteiger charge is -2.36. The molecule has 1 heterocycles. The minimum Gasteiger partial charge on any atom is -0.490 e. The lowest BCUT2D eigenvalue weighted by molar-refractivity contribution is -0.120. The molecule has 0 radical (unpaired) electrons. The van der Waals surface area contributed by atoms with Crippen LogP contribution in [0.4, 0.5) is 10.5 Å². The molecule has 10 nitrogen and oxygen atoms in total. The topological polar surface area (TPSA) is 120 Å². The summed E-state index contributed by atoms with van der Waals surface area (Å²) in [7, 11) is 1.75. The number of amides is 4. The van der Waals surface area contributed by atoms with Crippen molar-refractivity contribution in [1.29, 1.82) is 0 Å². The van der Waals surface area contributed by atoms with E-state index in [0.29, 0.717) is 36.7 Å². The number of likely N-dealkylation sites (N-methyl/N-ethyl adjacent to an activating group) is 1. The molecular weight excluding hydrogens is 548 g/mol. The van der Waals surface area contributed by atoms with Gasteiger partial charge in [0.25, 0.3) is 5.91 Å². The fraction of sp³-hybridized carbons (Fsp3) is 0.727. The summed E-state index contributed by atoms with van der Waals surface area (Å²) in [5, 5.41) is 16.1. The van der Waals surface area contributed by atoms with Crippen LogP contribution < -0.4 is 15.4 Å². The molecule has 1 aromatic rings. The predicted molar refractivity (Wildman–Crippen MR) is 168 cm³/mol. The van der Waals surface area contributed by atoms with Crippen LogP contribution in [0.1, 0.15) is 96.3 Å². The van der Waals surface area contributed by atoms with Crippen molar-refractivity contribution in [2.75, 3.05) is 38.7 Å². The van der Waals surface area contributed by atoms with E-state index in [1.54, 1.807) is 35.0 Å². The summed E-state index contributed by atoms with van der Waals surface area (Å²) in [4.78, 5) is 43.2. The molecule has 1 fully saturated rings. The zero-order chi connectivity index (χ0) is 31.5. The predicted octanol–water partition coefficient (Wildman–Crippen LogP) is 5.05. The Bertz CT molecular complexity index is 1060. The minimum absolute atomic E-state index is 0.0115. The maximum Gasteiger partial charge on any atom is 0.317 e. The average molecular weight is 603 g/mol. The van der Waals surface area contributed by atoms with Crippen LogP contribution in [0.5, 0.6) is 5.75 Å². The first kappa shape index (κ1) is 34.6. The van der Waals surface area contributed by atoms with Crippen LogP contribution in [-0.2, 0) is 9.53 Å². The smallest absolute Gasteiger partial charge is 0.317 e. The van der Waals surface area contributed by atoms with Gasteiger partial charge in [-0.25, -0.2) is 4.79 Å². The van der Waals surface area contributed by atoms with Gasteiger partial charge in [0.15, 0.2) is 0 Å². The van der Waals surface area contributed by atoms with Crippen LogP contribution in [0, 0.1) is 11.8 Å². The number of urea groups is 1. The van der Waals surface area contributed by atoms with Gasteiger partial charge in [-0.3, -0.25) is 9.59 Å². The molecule has 2 aliphatic rings. The Labute approximate surface area is 257 Å². The zero-order valence-corrected chi connectivity index (χ0v) is 27.1. The first-order chi connectivity index (χ1) is 20.5. The van der Waals surface area contributed by atoms with E-state index in [1.165, 1.54) is 0 Å². The van der Waals surface area contributed by atoms with Crippen molar-refractivity contribution in [3.8, 4) is 5.75 Å². The van der Waals surface area contributed by atoms with Gasteiger partial charge in [-0.15, -0.1) is 0 Å². The van der Waals surface area contributed by atoms with E-state index in [0.717, 1.165) is 51.4 Å². The highest BCUT2D eigenvalue weighted by Crippen LogP contribution is 2.30. The van der Waals surface area contributed by atoms with E-state index in [9.17, 15) is 19.5 Å². The number of rotatable bonds is 7. The third-order valence-electron chi connectivity index (χ3n) is 8.51. The van der Waals surface area contributed by atoms with Crippen molar-refractivity contribution in [1.82, 2.24) is 15.1 Å². The van der Waals surface area contributed by atoms with Crippen molar-refractivity contribution in [3.63, 3.8) is 0 Å². The van der Waals surface area contributed by atoms with Crippen molar-refractivity contribution < 1.29 is 29.0 Å². The van der Waals surface area contributed by atoms with Crippen molar-refractivity contribution in [2.24, 2.45) is 11.8 Å². The number of aliphatic hydroxyl groups is 1. The van der Waals surface area contributed by atoms with Crippen LogP contribution in [0.2, 0.25) is 0 Å². The first-order valence-electron chi connectivity index (χ1n) is 16.2. The Kier molecular flexibility index (Phi) is 13.6.